The Morgan fingerprint density at radius 3 is 2.11 bits per heavy atom. The molecule has 2 rings (SSSR count). The van der Waals surface area contributed by atoms with E-state index in [2.05, 4.69) is 37.8 Å². The van der Waals surface area contributed by atoms with Crippen molar-refractivity contribution in [2.45, 2.75) is 60.8 Å². The molecule has 0 spiro atoms. The fraction of sp³-hybridized carbons (Fsp3) is 0.647. The highest BCUT2D eigenvalue weighted by atomic mass is 14.4. The summed E-state index contributed by atoms with van der Waals surface area (Å²) in [7, 11) is 1.50. The normalized spacial score (nSPS) is 15.7. The second-order valence-corrected chi connectivity index (χ2v) is 4.12. The summed E-state index contributed by atoms with van der Waals surface area (Å²) in [4.78, 5) is 0. The predicted octanol–water partition coefficient (Wildman–Crippen LogP) is 4.75. The first-order valence-corrected chi connectivity index (χ1v) is 7.42. The standard InChI is InChI=1S/C12H16.2C2H6.CH5N/c1-9-3-5-12-8-10(2)4-6-11(12)7-9;3*1-2/h3,5,7,10H,4,6,8H2,1-2H3;2*1-2H3;2H2,1H3. The minimum Gasteiger partial charge on any atom is -0.333 e. The van der Waals surface area contributed by atoms with Gasteiger partial charge in [0.25, 0.3) is 0 Å². The van der Waals surface area contributed by atoms with Crippen molar-refractivity contribution >= 4 is 0 Å². The lowest BCUT2D eigenvalue weighted by molar-refractivity contribution is 0.501. The third kappa shape index (κ3) is 6.80. The first kappa shape index (κ1) is 19.5. The molecule has 0 fully saturated rings. The topological polar surface area (TPSA) is 26.0 Å². The molecule has 0 heterocycles. The Bertz CT molecular complexity index is 292. The minimum absolute atomic E-state index is 0.889. The molecule has 0 bridgehead atoms. The molecule has 1 aromatic carbocycles. The number of hydrogen-bond donors (Lipinski definition) is 1. The average molecular weight is 251 g/mol. The zero-order chi connectivity index (χ0) is 14.6. The number of rotatable bonds is 0. The number of benzene rings is 1. The van der Waals surface area contributed by atoms with E-state index < -0.39 is 0 Å². The van der Waals surface area contributed by atoms with Crippen LogP contribution in [0.4, 0.5) is 0 Å². The maximum absolute atomic E-state index is 4.50. The zero-order valence-electron chi connectivity index (χ0n) is 13.5. The van der Waals surface area contributed by atoms with E-state index in [1.54, 1.807) is 11.1 Å². The van der Waals surface area contributed by atoms with E-state index in [1.165, 1.54) is 31.9 Å². The van der Waals surface area contributed by atoms with E-state index in [0.717, 1.165) is 5.92 Å². The molecule has 1 nitrogen and oxygen atoms in total. The van der Waals surface area contributed by atoms with Crippen molar-refractivity contribution in [3.05, 3.63) is 34.9 Å². The zero-order valence-corrected chi connectivity index (χ0v) is 13.5. The van der Waals surface area contributed by atoms with E-state index in [-0.39, 0.29) is 0 Å². The highest BCUT2D eigenvalue weighted by molar-refractivity contribution is 5.33. The SMILES string of the molecule is CC.CC.CN.Cc1ccc2c(c1)CCC(C)C2. The summed E-state index contributed by atoms with van der Waals surface area (Å²) < 4.78 is 0. The van der Waals surface area contributed by atoms with Crippen LogP contribution in [0.3, 0.4) is 0 Å². The number of fused-ring (bicyclic) bond motifs is 1. The van der Waals surface area contributed by atoms with Gasteiger partial charge in [-0.2, -0.15) is 0 Å². The molecule has 1 heteroatoms. The molecule has 106 valence electrons. The van der Waals surface area contributed by atoms with Crippen LogP contribution in [-0.4, -0.2) is 7.05 Å². The summed E-state index contributed by atoms with van der Waals surface area (Å²) in [5.41, 5.74) is 9.08. The highest BCUT2D eigenvalue weighted by Gasteiger charge is 2.14. The van der Waals surface area contributed by atoms with Gasteiger partial charge in [0.05, 0.1) is 0 Å². The molecule has 1 aliphatic rings. The van der Waals surface area contributed by atoms with Crippen LogP contribution in [0.25, 0.3) is 0 Å². The molecule has 18 heavy (non-hydrogen) atoms. The van der Waals surface area contributed by atoms with Crippen LogP contribution in [0.15, 0.2) is 18.2 Å². The predicted molar refractivity (Wildman–Crippen MR) is 85.2 cm³/mol. The molecule has 0 amide bonds. The number of nitrogens with two attached hydrogens (primary N) is 1. The summed E-state index contributed by atoms with van der Waals surface area (Å²) in [6.07, 6.45) is 3.95. The lowest BCUT2D eigenvalue weighted by Gasteiger charge is -2.21. The van der Waals surface area contributed by atoms with Crippen LogP contribution in [-0.2, 0) is 12.8 Å². The quantitative estimate of drug-likeness (QED) is 0.707. The molecule has 0 saturated heterocycles. The first-order valence-electron chi connectivity index (χ1n) is 7.42. The number of aryl methyl sites for hydroxylation is 2. The third-order valence-corrected chi connectivity index (χ3v) is 2.84. The van der Waals surface area contributed by atoms with E-state index in [0.29, 0.717) is 0 Å². The Hall–Kier alpha value is -0.820. The van der Waals surface area contributed by atoms with E-state index >= 15 is 0 Å². The Kier molecular flexibility index (Phi) is 13.7. The first-order chi connectivity index (χ1) is 8.75. The van der Waals surface area contributed by atoms with Gasteiger partial charge in [-0.05, 0) is 50.3 Å². The van der Waals surface area contributed by atoms with Gasteiger partial charge in [0.15, 0.2) is 0 Å². The molecule has 0 saturated carbocycles. The van der Waals surface area contributed by atoms with Gasteiger partial charge in [-0.1, -0.05) is 58.4 Å². The van der Waals surface area contributed by atoms with Crippen LogP contribution in [0.2, 0.25) is 0 Å². The van der Waals surface area contributed by atoms with Crippen LogP contribution < -0.4 is 5.73 Å². The van der Waals surface area contributed by atoms with Crippen molar-refractivity contribution in [1.29, 1.82) is 0 Å². The smallest absolute Gasteiger partial charge is 0.0195 e. The van der Waals surface area contributed by atoms with Crippen molar-refractivity contribution < 1.29 is 0 Å². The fourth-order valence-corrected chi connectivity index (χ4v) is 2.07. The molecule has 0 aromatic heterocycles. The molecule has 1 unspecified atom stereocenters. The van der Waals surface area contributed by atoms with Crippen LogP contribution >= 0.6 is 0 Å². The van der Waals surface area contributed by atoms with Crippen molar-refractivity contribution in [1.82, 2.24) is 0 Å². The van der Waals surface area contributed by atoms with Crippen LogP contribution in [0.5, 0.6) is 0 Å². The molecular weight excluding hydrogens is 218 g/mol. The maximum Gasteiger partial charge on any atom is -0.0195 e. The summed E-state index contributed by atoms with van der Waals surface area (Å²) >= 11 is 0. The Morgan fingerprint density at radius 1 is 1.00 bits per heavy atom. The molecule has 0 aliphatic heterocycles. The van der Waals surface area contributed by atoms with Crippen molar-refractivity contribution in [3.8, 4) is 0 Å². The Morgan fingerprint density at radius 2 is 1.56 bits per heavy atom. The molecule has 0 radical (unpaired) electrons. The second kappa shape index (κ2) is 12.6. The summed E-state index contributed by atoms with van der Waals surface area (Å²) in [5, 5.41) is 0. The van der Waals surface area contributed by atoms with Gasteiger partial charge in [-0.25, -0.2) is 0 Å². The lowest BCUT2D eigenvalue weighted by Crippen LogP contribution is -2.10. The van der Waals surface area contributed by atoms with Crippen LogP contribution in [0.1, 0.15) is 57.7 Å². The highest BCUT2D eigenvalue weighted by Crippen LogP contribution is 2.25. The van der Waals surface area contributed by atoms with Gasteiger partial charge in [-0.3, -0.25) is 0 Å². The van der Waals surface area contributed by atoms with E-state index in [1.807, 2.05) is 27.7 Å². The number of hydrogen-bond acceptors (Lipinski definition) is 1. The van der Waals surface area contributed by atoms with Gasteiger partial charge < -0.3 is 5.73 Å². The summed E-state index contributed by atoms with van der Waals surface area (Å²) in [6.45, 7) is 12.5. The fourth-order valence-electron chi connectivity index (χ4n) is 2.07. The second-order valence-electron chi connectivity index (χ2n) is 4.12. The molecule has 1 aliphatic carbocycles. The van der Waals surface area contributed by atoms with Gasteiger partial charge in [0, 0.05) is 0 Å². The average Bonchev–Trinajstić information content (AvgIpc) is 2.46. The van der Waals surface area contributed by atoms with E-state index in [9.17, 15) is 0 Å². The third-order valence-electron chi connectivity index (χ3n) is 2.84. The van der Waals surface area contributed by atoms with Crippen LogP contribution in [0, 0.1) is 12.8 Å². The Balaban J connectivity index is 0. The lowest BCUT2D eigenvalue weighted by atomic mass is 9.84. The summed E-state index contributed by atoms with van der Waals surface area (Å²) in [6, 6.07) is 6.89. The van der Waals surface area contributed by atoms with Gasteiger partial charge >= 0.3 is 0 Å². The van der Waals surface area contributed by atoms with Gasteiger partial charge in [0.2, 0.25) is 0 Å². The summed E-state index contributed by atoms with van der Waals surface area (Å²) in [5.74, 6) is 0.889. The van der Waals surface area contributed by atoms with Crippen molar-refractivity contribution in [2.24, 2.45) is 11.7 Å². The van der Waals surface area contributed by atoms with Gasteiger partial charge in [-0.15, -0.1) is 0 Å². The minimum atomic E-state index is 0.889. The van der Waals surface area contributed by atoms with Crippen molar-refractivity contribution in [2.75, 3.05) is 7.05 Å². The maximum atomic E-state index is 4.50. The molecule has 1 aromatic rings. The Labute approximate surface area is 115 Å². The van der Waals surface area contributed by atoms with Gasteiger partial charge in [0.1, 0.15) is 0 Å². The molecular formula is C17H33N. The van der Waals surface area contributed by atoms with E-state index in [4.69, 9.17) is 0 Å². The van der Waals surface area contributed by atoms with Crippen molar-refractivity contribution in [3.63, 3.8) is 0 Å². The largest absolute Gasteiger partial charge is 0.333 e. The molecule has 2 N–H and O–H groups in total. The monoisotopic (exact) mass is 251 g/mol. The molecule has 1 atom stereocenters.